The Balaban J connectivity index is 2.27. The van der Waals surface area contributed by atoms with Crippen LogP contribution >= 0.6 is 0 Å². The monoisotopic (exact) mass is 271 g/mol. The van der Waals surface area contributed by atoms with Gasteiger partial charge in [0.2, 0.25) is 0 Å². The van der Waals surface area contributed by atoms with Crippen LogP contribution in [-0.2, 0) is 6.54 Å². The minimum atomic E-state index is -0.278. The molecule has 3 nitrogen and oxygen atoms in total. The van der Waals surface area contributed by atoms with Crippen molar-refractivity contribution in [1.82, 2.24) is 9.88 Å². The fourth-order valence-corrected chi connectivity index (χ4v) is 2.32. The zero-order chi connectivity index (χ0) is 14.5. The Bertz CT molecular complexity index is 625. The predicted molar refractivity (Wildman–Crippen MR) is 76.7 cm³/mol. The van der Waals surface area contributed by atoms with Gasteiger partial charge in [0.15, 0.2) is 0 Å². The van der Waals surface area contributed by atoms with Gasteiger partial charge in [0, 0.05) is 23.5 Å². The second-order valence-corrected chi connectivity index (χ2v) is 4.76. The SMILES string of the molecule is CCNC(C)c1cccn1Cc1cc(C#N)ccc1F. The van der Waals surface area contributed by atoms with Gasteiger partial charge in [0.1, 0.15) is 5.82 Å². The molecule has 1 aromatic heterocycles. The molecule has 0 fully saturated rings. The Morgan fingerprint density at radius 2 is 2.20 bits per heavy atom. The van der Waals surface area contributed by atoms with E-state index >= 15 is 0 Å². The van der Waals surface area contributed by atoms with E-state index in [4.69, 9.17) is 5.26 Å². The van der Waals surface area contributed by atoms with E-state index in [9.17, 15) is 4.39 Å². The van der Waals surface area contributed by atoms with Crippen molar-refractivity contribution >= 4 is 0 Å². The quantitative estimate of drug-likeness (QED) is 0.907. The summed E-state index contributed by atoms with van der Waals surface area (Å²) >= 11 is 0. The van der Waals surface area contributed by atoms with Gasteiger partial charge in [-0.3, -0.25) is 0 Å². The van der Waals surface area contributed by atoms with Gasteiger partial charge in [-0.15, -0.1) is 0 Å². The minimum Gasteiger partial charge on any atom is -0.345 e. The van der Waals surface area contributed by atoms with Crippen molar-refractivity contribution in [3.05, 3.63) is 59.2 Å². The summed E-state index contributed by atoms with van der Waals surface area (Å²) in [7, 11) is 0. The van der Waals surface area contributed by atoms with E-state index < -0.39 is 0 Å². The van der Waals surface area contributed by atoms with Crippen molar-refractivity contribution in [1.29, 1.82) is 5.26 Å². The van der Waals surface area contributed by atoms with Gasteiger partial charge < -0.3 is 9.88 Å². The van der Waals surface area contributed by atoms with Crippen molar-refractivity contribution < 1.29 is 4.39 Å². The second kappa shape index (κ2) is 6.36. The number of benzene rings is 1. The van der Waals surface area contributed by atoms with Crippen molar-refractivity contribution in [3.63, 3.8) is 0 Å². The van der Waals surface area contributed by atoms with Crippen LogP contribution in [0.25, 0.3) is 0 Å². The van der Waals surface area contributed by atoms with Crippen molar-refractivity contribution in [2.45, 2.75) is 26.4 Å². The third kappa shape index (κ3) is 3.06. The Labute approximate surface area is 118 Å². The molecule has 1 heterocycles. The summed E-state index contributed by atoms with van der Waals surface area (Å²) in [6.07, 6.45) is 1.93. The molecule has 1 N–H and O–H groups in total. The summed E-state index contributed by atoms with van der Waals surface area (Å²) in [5.41, 5.74) is 2.12. The maximum Gasteiger partial charge on any atom is 0.128 e. The first kappa shape index (κ1) is 14.3. The van der Waals surface area contributed by atoms with Crippen LogP contribution in [0.2, 0.25) is 0 Å². The van der Waals surface area contributed by atoms with Gasteiger partial charge in [-0.1, -0.05) is 6.92 Å². The van der Waals surface area contributed by atoms with Gasteiger partial charge >= 0.3 is 0 Å². The number of rotatable bonds is 5. The lowest BCUT2D eigenvalue weighted by molar-refractivity contribution is 0.544. The Kier molecular flexibility index (Phi) is 4.54. The van der Waals surface area contributed by atoms with Gasteiger partial charge in [-0.25, -0.2) is 4.39 Å². The van der Waals surface area contributed by atoms with E-state index in [0.29, 0.717) is 17.7 Å². The number of hydrogen-bond donors (Lipinski definition) is 1. The van der Waals surface area contributed by atoms with E-state index in [1.807, 2.05) is 29.0 Å². The second-order valence-electron chi connectivity index (χ2n) is 4.76. The predicted octanol–water partition coefficient (Wildman–Crippen LogP) is 3.22. The van der Waals surface area contributed by atoms with E-state index in [1.54, 1.807) is 6.07 Å². The molecular weight excluding hydrogens is 253 g/mol. The van der Waals surface area contributed by atoms with Crippen LogP contribution in [0.15, 0.2) is 36.5 Å². The molecule has 0 bridgehead atoms. The molecule has 0 aliphatic carbocycles. The van der Waals surface area contributed by atoms with Crippen LogP contribution in [0.5, 0.6) is 0 Å². The fourth-order valence-electron chi connectivity index (χ4n) is 2.32. The van der Waals surface area contributed by atoms with Gasteiger partial charge in [0.05, 0.1) is 18.2 Å². The lowest BCUT2D eigenvalue weighted by atomic mass is 10.1. The molecule has 104 valence electrons. The molecule has 0 aliphatic rings. The first-order chi connectivity index (χ1) is 9.65. The van der Waals surface area contributed by atoms with Crippen LogP contribution in [-0.4, -0.2) is 11.1 Å². The van der Waals surface area contributed by atoms with Crippen LogP contribution in [0.3, 0.4) is 0 Å². The molecule has 0 radical (unpaired) electrons. The molecular formula is C16H18FN3. The Morgan fingerprint density at radius 1 is 1.40 bits per heavy atom. The van der Waals surface area contributed by atoms with Gasteiger partial charge in [-0.2, -0.15) is 5.26 Å². The third-order valence-corrected chi connectivity index (χ3v) is 3.33. The summed E-state index contributed by atoms with van der Waals surface area (Å²) in [6.45, 7) is 5.45. The Morgan fingerprint density at radius 3 is 2.90 bits per heavy atom. The highest BCUT2D eigenvalue weighted by Crippen LogP contribution is 2.17. The molecule has 0 aliphatic heterocycles. The van der Waals surface area contributed by atoms with Gasteiger partial charge in [0.25, 0.3) is 0 Å². The van der Waals surface area contributed by atoms with Crippen molar-refractivity contribution in [3.8, 4) is 6.07 Å². The number of nitrogens with one attached hydrogen (secondary N) is 1. The molecule has 20 heavy (non-hydrogen) atoms. The molecule has 1 atom stereocenters. The summed E-state index contributed by atoms with van der Waals surface area (Å²) < 4.78 is 15.8. The molecule has 0 spiro atoms. The molecule has 2 aromatic rings. The molecule has 0 amide bonds. The summed E-state index contributed by atoms with van der Waals surface area (Å²) in [5.74, 6) is -0.278. The highest BCUT2D eigenvalue weighted by Gasteiger charge is 2.11. The van der Waals surface area contributed by atoms with Gasteiger partial charge in [-0.05, 0) is 43.8 Å². The molecule has 1 aromatic carbocycles. The Hall–Kier alpha value is -2.12. The maximum atomic E-state index is 13.8. The largest absolute Gasteiger partial charge is 0.345 e. The summed E-state index contributed by atoms with van der Waals surface area (Å²) in [4.78, 5) is 0. The number of aromatic nitrogens is 1. The average molecular weight is 271 g/mol. The molecule has 0 saturated carbocycles. The van der Waals surface area contributed by atoms with Crippen LogP contribution < -0.4 is 5.32 Å². The zero-order valence-electron chi connectivity index (χ0n) is 11.7. The summed E-state index contributed by atoms with van der Waals surface area (Å²) in [5, 5.41) is 12.2. The number of hydrogen-bond acceptors (Lipinski definition) is 2. The smallest absolute Gasteiger partial charge is 0.128 e. The number of halogens is 1. The van der Waals surface area contributed by atoms with Crippen LogP contribution in [0.1, 0.15) is 36.7 Å². The lowest BCUT2D eigenvalue weighted by Crippen LogP contribution is -2.21. The first-order valence-corrected chi connectivity index (χ1v) is 6.72. The van der Waals surface area contributed by atoms with Crippen LogP contribution in [0.4, 0.5) is 4.39 Å². The third-order valence-electron chi connectivity index (χ3n) is 3.33. The topological polar surface area (TPSA) is 40.8 Å². The average Bonchev–Trinajstić information content (AvgIpc) is 2.90. The van der Waals surface area contributed by atoms with E-state index in [2.05, 4.69) is 19.2 Å². The fraction of sp³-hybridized carbons (Fsp3) is 0.312. The van der Waals surface area contributed by atoms with Crippen molar-refractivity contribution in [2.24, 2.45) is 0 Å². The lowest BCUT2D eigenvalue weighted by Gasteiger charge is -2.16. The minimum absolute atomic E-state index is 0.206. The highest BCUT2D eigenvalue weighted by molar-refractivity contribution is 5.34. The maximum absolute atomic E-state index is 13.8. The molecule has 0 saturated heterocycles. The normalized spacial score (nSPS) is 12.1. The summed E-state index contributed by atoms with van der Waals surface area (Å²) in [6, 6.07) is 10.7. The van der Waals surface area contributed by atoms with E-state index in [-0.39, 0.29) is 11.9 Å². The molecule has 1 unspecified atom stereocenters. The first-order valence-electron chi connectivity index (χ1n) is 6.72. The number of nitrogens with zero attached hydrogens (tertiary/aromatic N) is 2. The van der Waals surface area contributed by atoms with E-state index in [1.165, 1.54) is 12.1 Å². The zero-order valence-corrected chi connectivity index (χ0v) is 11.7. The van der Waals surface area contributed by atoms with E-state index in [0.717, 1.165) is 12.2 Å². The van der Waals surface area contributed by atoms with Crippen LogP contribution in [0, 0.1) is 17.1 Å². The number of nitriles is 1. The van der Waals surface area contributed by atoms with Crippen molar-refractivity contribution in [2.75, 3.05) is 6.54 Å². The molecule has 4 heteroatoms. The highest BCUT2D eigenvalue weighted by atomic mass is 19.1. The molecule has 2 rings (SSSR count). The standard InChI is InChI=1S/C16H18FN3/c1-3-19-12(2)16-5-4-8-20(16)11-14-9-13(10-18)6-7-15(14)17/h4-9,12,19H,3,11H2,1-2H3.